The maximum atomic E-state index is 12.0. The van der Waals surface area contributed by atoms with Crippen LogP contribution < -0.4 is 0 Å². The summed E-state index contributed by atoms with van der Waals surface area (Å²) in [6, 6.07) is 11.0. The average molecular weight is 270 g/mol. The van der Waals surface area contributed by atoms with E-state index in [0.29, 0.717) is 22.3 Å². The topological polar surface area (TPSA) is 60.2 Å². The summed E-state index contributed by atoms with van der Waals surface area (Å²) in [7, 11) is 0. The third-order valence-electron chi connectivity index (χ3n) is 2.59. The molecular formula is C13H10N4OS. The smallest absolute Gasteiger partial charge is 0.255 e. The van der Waals surface area contributed by atoms with Gasteiger partial charge in [0.25, 0.3) is 5.78 Å². The average Bonchev–Trinajstić information content (AvgIpc) is 2.89. The molecule has 2 aromatic heterocycles. The standard InChI is InChI=1S/C13H10N4OS/c18-11(10-5-2-1-3-6-10)9-19-13-16-15-12-14-7-4-8-17(12)13/h1-8H,9H2. The van der Waals surface area contributed by atoms with Crippen molar-refractivity contribution in [3.8, 4) is 0 Å². The quantitative estimate of drug-likeness (QED) is 0.536. The molecule has 0 radical (unpaired) electrons. The summed E-state index contributed by atoms with van der Waals surface area (Å²) < 4.78 is 1.77. The summed E-state index contributed by atoms with van der Waals surface area (Å²) in [5.41, 5.74) is 0.710. The van der Waals surface area contributed by atoms with Gasteiger partial charge in [0.15, 0.2) is 10.9 Å². The Morgan fingerprint density at radius 2 is 2.00 bits per heavy atom. The Balaban J connectivity index is 1.75. The van der Waals surface area contributed by atoms with E-state index >= 15 is 0 Å². The van der Waals surface area contributed by atoms with Crippen LogP contribution in [0.1, 0.15) is 10.4 Å². The van der Waals surface area contributed by atoms with E-state index in [1.807, 2.05) is 36.5 Å². The molecule has 1 aromatic carbocycles. The fourth-order valence-corrected chi connectivity index (χ4v) is 2.47. The van der Waals surface area contributed by atoms with Crippen molar-refractivity contribution in [1.82, 2.24) is 19.6 Å². The largest absolute Gasteiger partial charge is 0.293 e. The molecule has 19 heavy (non-hydrogen) atoms. The third kappa shape index (κ3) is 2.48. The van der Waals surface area contributed by atoms with Crippen molar-refractivity contribution in [3.63, 3.8) is 0 Å². The molecule has 2 heterocycles. The Morgan fingerprint density at radius 1 is 1.16 bits per heavy atom. The lowest BCUT2D eigenvalue weighted by atomic mass is 10.2. The van der Waals surface area contributed by atoms with E-state index in [2.05, 4.69) is 15.2 Å². The lowest BCUT2D eigenvalue weighted by molar-refractivity contribution is 0.102. The minimum absolute atomic E-state index is 0.0752. The summed E-state index contributed by atoms with van der Waals surface area (Å²) in [6.45, 7) is 0. The van der Waals surface area contributed by atoms with Crippen LogP contribution in [0.4, 0.5) is 0 Å². The van der Waals surface area contributed by atoms with E-state index < -0.39 is 0 Å². The molecule has 94 valence electrons. The van der Waals surface area contributed by atoms with E-state index in [0.717, 1.165) is 0 Å². The summed E-state index contributed by atoms with van der Waals surface area (Å²) >= 11 is 1.36. The Hall–Kier alpha value is -2.21. The van der Waals surface area contributed by atoms with Crippen molar-refractivity contribution in [1.29, 1.82) is 0 Å². The number of rotatable bonds is 4. The number of thioether (sulfide) groups is 1. The van der Waals surface area contributed by atoms with Crippen LogP contribution in [0.5, 0.6) is 0 Å². The minimum atomic E-state index is 0.0752. The van der Waals surface area contributed by atoms with Crippen LogP contribution >= 0.6 is 11.8 Å². The fourth-order valence-electron chi connectivity index (χ4n) is 1.66. The van der Waals surface area contributed by atoms with Gasteiger partial charge in [0.2, 0.25) is 0 Å². The summed E-state index contributed by atoms with van der Waals surface area (Å²) in [4.78, 5) is 16.1. The van der Waals surface area contributed by atoms with Gasteiger partial charge in [-0.15, -0.1) is 10.2 Å². The Bertz CT molecular complexity index is 711. The van der Waals surface area contributed by atoms with Crippen molar-refractivity contribution < 1.29 is 4.79 Å². The number of carbonyl (C=O) groups is 1. The molecule has 0 spiro atoms. The lowest BCUT2D eigenvalue weighted by Crippen LogP contribution is -2.02. The van der Waals surface area contributed by atoms with Crippen LogP contribution in [0.15, 0.2) is 53.9 Å². The van der Waals surface area contributed by atoms with E-state index in [1.54, 1.807) is 16.7 Å². The van der Waals surface area contributed by atoms with Gasteiger partial charge in [-0.2, -0.15) is 0 Å². The first-order valence-corrected chi connectivity index (χ1v) is 6.70. The highest BCUT2D eigenvalue weighted by molar-refractivity contribution is 7.99. The highest BCUT2D eigenvalue weighted by Gasteiger charge is 2.10. The normalized spacial score (nSPS) is 10.7. The summed E-state index contributed by atoms with van der Waals surface area (Å²) in [5, 5.41) is 8.63. The maximum Gasteiger partial charge on any atom is 0.255 e. The van der Waals surface area contributed by atoms with Gasteiger partial charge in [-0.25, -0.2) is 4.98 Å². The number of hydrogen-bond acceptors (Lipinski definition) is 5. The number of hydrogen-bond donors (Lipinski definition) is 0. The van der Waals surface area contributed by atoms with Crippen LogP contribution in [-0.2, 0) is 0 Å². The number of nitrogens with zero attached hydrogens (tertiary/aromatic N) is 4. The second-order valence-electron chi connectivity index (χ2n) is 3.85. The molecule has 6 heteroatoms. The van der Waals surface area contributed by atoms with Crippen molar-refractivity contribution in [2.24, 2.45) is 0 Å². The summed E-state index contributed by atoms with van der Waals surface area (Å²) in [5.74, 6) is 0.947. The highest BCUT2D eigenvalue weighted by Crippen LogP contribution is 2.17. The monoisotopic (exact) mass is 270 g/mol. The molecule has 5 nitrogen and oxygen atoms in total. The van der Waals surface area contributed by atoms with Crippen LogP contribution in [0.3, 0.4) is 0 Å². The van der Waals surface area contributed by atoms with Crippen LogP contribution in [-0.4, -0.2) is 31.1 Å². The zero-order valence-corrected chi connectivity index (χ0v) is 10.7. The third-order valence-corrected chi connectivity index (χ3v) is 3.53. The Morgan fingerprint density at radius 3 is 2.84 bits per heavy atom. The molecule has 0 unspecified atom stereocenters. The summed E-state index contributed by atoms with van der Waals surface area (Å²) in [6.07, 6.45) is 3.49. The Labute approximate surface area is 113 Å². The molecule has 0 N–H and O–H groups in total. The van der Waals surface area contributed by atoms with E-state index in [9.17, 15) is 4.79 Å². The lowest BCUT2D eigenvalue weighted by Gasteiger charge is -2.00. The number of aromatic nitrogens is 4. The number of Topliss-reactive ketones (excluding diaryl/α,β-unsaturated/α-hetero) is 1. The van der Waals surface area contributed by atoms with Gasteiger partial charge in [0.1, 0.15) is 0 Å². The predicted molar refractivity (Wildman–Crippen MR) is 72.3 cm³/mol. The van der Waals surface area contributed by atoms with Gasteiger partial charge >= 0.3 is 0 Å². The fraction of sp³-hybridized carbons (Fsp3) is 0.0769. The van der Waals surface area contributed by atoms with Gasteiger partial charge < -0.3 is 0 Å². The van der Waals surface area contributed by atoms with Crippen molar-refractivity contribution >= 4 is 23.3 Å². The molecule has 0 amide bonds. The number of benzene rings is 1. The highest BCUT2D eigenvalue weighted by atomic mass is 32.2. The van der Waals surface area contributed by atoms with Gasteiger partial charge in [0, 0.05) is 18.0 Å². The number of carbonyl (C=O) groups excluding carboxylic acids is 1. The minimum Gasteiger partial charge on any atom is -0.293 e. The maximum absolute atomic E-state index is 12.0. The van der Waals surface area contributed by atoms with E-state index in [-0.39, 0.29) is 5.78 Å². The first-order valence-electron chi connectivity index (χ1n) is 5.71. The van der Waals surface area contributed by atoms with Crippen molar-refractivity contribution in [2.75, 3.05) is 5.75 Å². The molecule has 0 aliphatic rings. The zero-order valence-electron chi connectivity index (χ0n) is 9.93. The molecule has 0 aliphatic carbocycles. The first-order chi connectivity index (χ1) is 9.34. The molecular weight excluding hydrogens is 260 g/mol. The number of ketones is 1. The molecule has 0 aliphatic heterocycles. The van der Waals surface area contributed by atoms with E-state index in [4.69, 9.17) is 0 Å². The molecule has 0 saturated heterocycles. The molecule has 0 fully saturated rings. The molecule has 3 rings (SSSR count). The molecule has 0 bridgehead atoms. The first kappa shape index (κ1) is 11.9. The SMILES string of the molecule is O=C(CSc1nnc2ncccn12)c1ccccc1. The van der Waals surface area contributed by atoms with E-state index in [1.165, 1.54) is 11.8 Å². The van der Waals surface area contributed by atoms with Crippen molar-refractivity contribution in [2.45, 2.75) is 5.16 Å². The van der Waals surface area contributed by atoms with Gasteiger partial charge in [-0.05, 0) is 6.07 Å². The van der Waals surface area contributed by atoms with Crippen LogP contribution in [0, 0.1) is 0 Å². The van der Waals surface area contributed by atoms with Gasteiger partial charge in [-0.3, -0.25) is 9.20 Å². The number of fused-ring (bicyclic) bond motifs is 1. The molecule has 0 saturated carbocycles. The van der Waals surface area contributed by atoms with Crippen LogP contribution in [0.25, 0.3) is 5.78 Å². The Kier molecular flexibility index (Phi) is 3.24. The van der Waals surface area contributed by atoms with Crippen LogP contribution in [0.2, 0.25) is 0 Å². The van der Waals surface area contributed by atoms with Gasteiger partial charge in [0.05, 0.1) is 5.75 Å². The predicted octanol–water partition coefficient (Wildman–Crippen LogP) is 2.10. The van der Waals surface area contributed by atoms with Crippen molar-refractivity contribution in [3.05, 3.63) is 54.4 Å². The molecule has 3 aromatic rings. The second-order valence-corrected chi connectivity index (χ2v) is 4.79. The van der Waals surface area contributed by atoms with Gasteiger partial charge in [-0.1, -0.05) is 42.1 Å². The second kappa shape index (κ2) is 5.19. The molecule has 0 atom stereocenters. The zero-order chi connectivity index (χ0) is 13.1.